The summed E-state index contributed by atoms with van der Waals surface area (Å²) in [5.74, 6) is 0.417. The predicted molar refractivity (Wildman–Crippen MR) is 89.7 cm³/mol. The number of carbonyl (C=O) groups is 1. The van der Waals surface area contributed by atoms with E-state index in [-0.39, 0.29) is 5.91 Å². The smallest absolute Gasteiger partial charge is 0.225 e. The quantitative estimate of drug-likeness (QED) is 0.771. The summed E-state index contributed by atoms with van der Waals surface area (Å²) in [5, 5.41) is 6.23. The summed E-state index contributed by atoms with van der Waals surface area (Å²) in [4.78, 5) is 16.3. The first kappa shape index (κ1) is 16.2. The van der Waals surface area contributed by atoms with Crippen molar-refractivity contribution in [2.75, 3.05) is 11.9 Å². The molecule has 0 unspecified atom stereocenters. The molecule has 0 aliphatic carbocycles. The number of benzene rings is 1. The lowest BCUT2D eigenvalue weighted by Crippen LogP contribution is -2.22. The zero-order valence-electron chi connectivity index (χ0n) is 13.2. The molecule has 0 bridgehead atoms. The van der Waals surface area contributed by atoms with Gasteiger partial charge in [-0.15, -0.1) is 0 Å². The third-order valence-corrected chi connectivity index (χ3v) is 3.42. The van der Waals surface area contributed by atoms with Crippen LogP contribution < -0.4 is 10.6 Å². The Hall–Kier alpha value is -2.20. The Morgan fingerprint density at radius 1 is 1.14 bits per heavy atom. The topological polar surface area (TPSA) is 54.0 Å². The number of nitrogens with zero attached hydrogens (tertiary/aromatic N) is 1. The van der Waals surface area contributed by atoms with Crippen LogP contribution in [0.1, 0.15) is 37.4 Å². The Balaban J connectivity index is 1.77. The highest BCUT2D eigenvalue weighted by Crippen LogP contribution is 2.23. The lowest BCUT2D eigenvalue weighted by molar-refractivity contribution is -0.116. The molecule has 0 saturated carbocycles. The van der Waals surface area contributed by atoms with Gasteiger partial charge in [0, 0.05) is 31.4 Å². The minimum Gasteiger partial charge on any atom is -0.326 e. The van der Waals surface area contributed by atoms with E-state index in [1.165, 1.54) is 0 Å². The van der Waals surface area contributed by atoms with Gasteiger partial charge in [-0.3, -0.25) is 9.78 Å². The van der Waals surface area contributed by atoms with Crippen LogP contribution in [0.3, 0.4) is 0 Å². The molecule has 116 valence electrons. The molecule has 2 aromatic rings. The molecule has 2 rings (SSSR count). The zero-order valence-corrected chi connectivity index (χ0v) is 13.2. The van der Waals surface area contributed by atoms with E-state index in [4.69, 9.17) is 0 Å². The van der Waals surface area contributed by atoms with E-state index >= 15 is 0 Å². The first-order chi connectivity index (χ1) is 10.7. The van der Waals surface area contributed by atoms with Crippen LogP contribution in [0, 0.1) is 0 Å². The summed E-state index contributed by atoms with van der Waals surface area (Å²) in [6, 6.07) is 13.8. The molecule has 0 atom stereocenters. The number of para-hydroxylation sites is 1. The van der Waals surface area contributed by atoms with Crippen LogP contribution in [0.25, 0.3) is 0 Å². The van der Waals surface area contributed by atoms with Gasteiger partial charge in [0.15, 0.2) is 0 Å². The van der Waals surface area contributed by atoms with E-state index in [1.807, 2.05) is 36.4 Å². The molecule has 0 saturated heterocycles. The second-order valence-electron chi connectivity index (χ2n) is 5.54. The molecule has 0 aliphatic rings. The van der Waals surface area contributed by atoms with Crippen molar-refractivity contribution in [1.82, 2.24) is 10.3 Å². The molecule has 0 spiro atoms. The van der Waals surface area contributed by atoms with Crippen molar-refractivity contribution in [2.24, 2.45) is 0 Å². The fourth-order valence-electron chi connectivity index (χ4n) is 2.25. The monoisotopic (exact) mass is 297 g/mol. The number of nitrogens with one attached hydrogen (secondary N) is 2. The standard InChI is InChI=1S/C18H23N3O/c1-14(2)16-8-3-4-9-17(16)21-18(22)10-12-19-13-15-7-5-6-11-20-15/h3-9,11,14,19H,10,12-13H2,1-2H3,(H,21,22). The van der Waals surface area contributed by atoms with Crippen LogP contribution in [-0.4, -0.2) is 17.4 Å². The number of aromatic nitrogens is 1. The summed E-state index contributed by atoms with van der Waals surface area (Å²) >= 11 is 0. The van der Waals surface area contributed by atoms with Crippen molar-refractivity contribution >= 4 is 11.6 Å². The van der Waals surface area contributed by atoms with Crippen LogP contribution in [0.5, 0.6) is 0 Å². The number of hydrogen-bond donors (Lipinski definition) is 2. The maximum Gasteiger partial charge on any atom is 0.225 e. The maximum atomic E-state index is 12.0. The van der Waals surface area contributed by atoms with Crippen molar-refractivity contribution in [1.29, 1.82) is 0 Å². The van der Waals surface area contributed by atoms with Crippen molar-refractivity contribution in [3.8, 4) is 0 Å². The molecule has 1 amide bonds. The number of pyridine rings is 1. The highest BCUT2D eigenvalue weighted by atomic mass is 16.1. The minimum atomic E-state index is 0.0293. The van der Waals surface area contributed by atoms with Crippen molar-refractivity contribution in [3.05, 3.63) is 59.9 Å². The van der Waals surface area contributed by atoms with Gasteiger partial charge < -0.3 is 10.6 Å². The number of rotatable bonds is 7. The molecule has 1 heterocycles. The van der Waals surface area contributed by atoms with Gasteiger partial charge in [0.25, 0.3) is 0 Å². The summed E-state index contributed by atoms with van der Waals surface area (Å²) < 4.78 is 0. The Labute approximate surface area is 132 Å². The van der Waals surface area contributed by atoms with E-state index < -0.39 is 0 Å². The Morgan fingerprint density at radius 2 is 1.91 bits per heavy atom. The number of hydrogen-bond acceptors (Lipinski definition) is 3. The van der Waals surface area contributed by atoms with E-state index in [1.54, 1.807) is 6.20 Å². The minimum absolute atomic E-state index is 0.0293. The van der Waals surface area contributed by atoms with Gasteiger partial charge in [-0.25, -0.2) is 0 Å². The van der Waals surface area contributed by atoms with Gasteiger partial charge in [-0.05, 0) is 29.7 Å². The average Bonchev–Trinajstić information content (AvgIpc) is 2.53. The third kappa shape index (κ3) is 4.97. The lowest BCUT2D eigenvalue weighted by Gasteiger charge is -2.13. The first-order valence-electron chi connectivity index (χ1n) is 7.66. The molecule has 2 N–H and O–H groups in total. The lowest BCUT2D eigenvalue weighted by atomic mass is 10.0. The normalized spacial score (nSPS) is 10.7. The summed E-state index contributed by atoms with van der Waals surface area (Å²) in [5.41, 5.74) is 3.05. The fourth-order valence-corrected chi connectivity index (χ4v) is 2.25. The largest absolute Gasteiger partial charge is 0.326 e. The summed E-state index contributed by atoms with van der Waals surface area (Å²) in [7, 11) is 0. The van der Waals surface area contributed by atoms with E-state index in [9.17, 15) is 4.79 Å². The first-order valence-corrected chi connectivity index (χ1v) is 7.66. The molecular weight excluding hydrogens is 274 g/mol. The number of amides is 1. The SMILES string of the molecule is CC(C)c1ccccc1NC(=O)CCNCc1ccccn1. The van der Waals surface area contributed by atoms with Crippen molar-refractivity contribution in [3.63, 3.8) is 0 Å². The molecule has 0 radical (unpaired) electrons. The van der Waals surface area contributed by atoms with E-state index in [0.29, 0.717) is 25.4 Å². The Morgan fingerprint density at radius 3 is 2.64 bits per heavy atom. The Kier molecular flexibility index (Phi) is 6.10. The average molecular weight is 297 g/mol. The molecule has 4 heteroatoms. The molecule has 1 aromatic heterocycles. The van der Waals surface area contributed by atoms with Crippen LogP contribution in [0.2, 0.25) is 0 Å². The number of anilines is 1. The predicted octanol–water partition coefficient (Wildman–Crippen LogP) is 3.32. The molecule has 0 aliphatic heterocycles. The molecule has 22 heavy (non-hydrogen) atoms. The Bertz CT molecular complexity index is 596. The molecule has 0 fully saturated rings. The third-order valence-electron chi connectivity index (χ3n) is 3.42. The highest BCUT2D eigenvalue weighted by Gasteiger charge is 2.08. The second kappa shape index (κ2) is 8.29. The molecular formula is C18H23N3O. The summed E-state index contributed by atoms with van der Waals surface area (Å²) in [6.07, 6.45) is 2.21. The second-order valence-corrected chi connectivity index (χ2v) is 5.54. The van der Waals surface area contributed by atoms with Gasteiger partial charge in [-0.2, -0.15) is 0 Å². The van der Waals surface area contributed by atoms with Crippen LogP contribution in [0.15, 0.2) is 48.7 Å². The van der Waals surface area contributed by atoms with E-state index in [0.717, 1.165) is 16.9 Å². The molecule has 4 nitrogen and oxygen atoms in total. The molecule has 1 aromatic carbocycles. The maximum absolute atomic E-state index is 12.0. The summed E-state index contributed by atoms with van der Waals surface area (Å²) in [6.45, 7) is 5.56. The van der Waals surface area contributed by atoms with Crippen LogP contribution in [0.4, 0.5) is 5.69 Å². The fraction of sp³-hybridized carbons (Fsp3) is 0.333. The van der Waals surface area contributed by atoms with Gasteiger partial charge in [0.05, 0.1) is 5.69 Å². The van der Waals surface area contributed by atoms with Crippen molar-refractivity contribution in [2.45, 2.75) is 32.7 Å². The van der Waals surface area contributed by atoms with Gasteiger partial charge in [0.1, 0.15) is 0 Å². The zero-order chi connectivity index (χ0) is 15.8. The highest BCUT2D eigenvalue weighted by molar-refractivity contribution is 5.91. The number of carbonyl (C=O) groups excluding carboxylic acids is 1. The van der Waals surface area contributed by atoms with Gasteiger partial charge in [-0.1, -0.05) is 38.1 Å². The van der Waals surface area contributed by atoms with Gasteiger partial charge in [0.2, 0.25) is 5.91 Å². The van der Waals surface area contributed by atoms with Gasteiger partial charge >= 0.3 is 0 Å². The van der Waals surface area contributed by atoms with Crippen LogP contribution >= 0.6 is 0 Å². The van der Waals surface area contributed by atoms with Crippen molar-refractivity contribution < 1.29 is 4.79 Å². The van der Waals surface area contributed by atoms with E-state index in [2.05, 4.69) is 35.5 Å². The van der Waals surface area contributed by atoms with Crippen LogP contribution in [-0.2, 0) is 11.3 Å².